The van der Waals surface area contributed by atoms with Gasteiger partial charge in [-0.3, -0.25) is 0 Å². The number of hydrogen-bond donors (Lipinski definition) is 0. The fraction of sp³-hybridized carbons (Fsp3) is 1.00. The molecule has 0 aromatic heterocycles. The Bertz CT molecular complexity index is 242. The van der Waals surface area contributed by atoms with Crippen LogP contribution in [-0.2, 0) is 35.4 Å². The fourth-order valence-electron chi connectivity index (χ4n) is 1.87. The molecule has 0 amide bonds. The van der Waals surface area contributed by atoms with E-state index in [0.717, 1.165) is 12.8 Å². The lowest BCUT2D eigenvalue weighted by Crippen LogP contribution is -2.49. The van der Waals surface area contributed by atoms with E-state index in [4.69, 9.17) is 35.4 Å². The van der Waals surface area contributed by atoms with Crippen molar-refractivity contribution in [3.8, 4) is 0 Å². The molecule has 2 atom stereocenters. The summed E-state index contributed by atoms with van der Waals surface area (Å²) in [5.41, 5.74) is 0. The molecular formula is C12H30O8Si2. The Hall–Kier alpha value is 0.114. The molecule has 0 aromatic carbocycles. The van der Waals surface area contributed by atoms with Gasteiger partial charge in [0.25, 0.3) is 0 Å². The van der Waals surface area contributed by atoms with Crippen LogP contribution in [0.1, 0.15) is 26.7 Å². The Balaban J connectivity index is 4.37. The summed E-state index contributed by atoms with van der Waals surface area (Å²) in [6.07, 6.45) is 1.24. The van der Waals surface area contributed by atoms with Gasteiger partial charge in [0.05, 0.1) is 0 Å². The second-order valence-corrected chi connectivity index (χ2v) is 9.58. The molecule has 0 saturated carbocycles. The monoisotopic (exact) mass is 358 g/mol. The molecule has 0 aliphatic carbocycles. The van der Waals surface area contributed by atoms with Crippen LogP contribution < -0.4 is 0 Å². The van der Waals surface area contributed by atoms with Crippen molar-refractivity contribution in [1.29, 1.82) is 0 Å². The number of rotatable bonds is 13. The van der Waals surface area contributed by atoms with Gasteiger partial charge in [-0.15, -0.1) is 0 Å². The molecule has 10 heteroatoms. The summed E-state index contributed by atoms with van der Waals surface area (Å²) >= 11 is 0. The predicted octanol–water partition coefficient (Wildman–Crippen LogP) is 1.33. The van der Waals surface area contributed by atoms with E-state index in [1.165, 1.54) is 42.7 Å². The van der Waals surface area contributed by atoms with Gasteiger partial charge in [0, 0.05) is 54.9 Å². The maximum atomic E-state index is 5.78. The first-order chi connectivity index (χ1) is 10.4. The van der Waals surface area contributed by atoms with Crippen LogP contribution in [-0.4, -0.2) is 73.0 Å². The van der Waals surface area contributed by atoms with E-state index < -0.39 is 18.1 Å². The van der Waals surface area contributed by atoms with Crippen molar-refractivity contribution in [3.63, 3.8) is 0 Å². The van der Waals surface area contributed by atoms with Gasteiger partial charge in [-0.05, 0) is 26.7 Å². The van der Waals surface area contributed by atoms with E-state index in [1.807, 2.05) is 13.8 Å². The van der Waals surface area contributed by atoms with Crippen LogP contribution >= 0.6 is 0 Å². The number of hydrogen-bond acceptors (Lipinski definition) is 8. The third kappa shape index (κ3) is 6.70. The Morgan fingerprint density at radius 2 is 0.773 bits per heavy atom. The van der Waals surface area contributed by atoms with Crippen LogP contribution in [0.5, 0.6) is 0 Å². The Kier molecular flexibility index (Phi) is 10.9. The molecular weight excluding hydrogens is 328 g/mol. The summed E-state index contributed by atoms with van der Waals surface area (Å²) in [5, 5.41) is 0. The van der Waals surface area contributed by atoms with Gasteiger partial charge in [-0.1, -0.05) is 0 Å². The van der Waals surface area contributed by atoms with Crippen LogP contribution in [0.4, 0.5) is 0 Å². The molecule has 0 aliphatic heterocycles. The molecule has 8 nitrogen and oxygen atoms in total. The molecule has 2 unspecified atom stereocenters. The topological polar surface area (TPSA) is 73.8 Å². The minimum atomic E-state index is -3.03. The highest BCUT2D eigenvalue weighted by molar-refractivity contribution is 6.53. The Labute approximate surface area is 135 Å². The van der Waals surface area contributed by atoms with Crippen LogP contribution in [0.25, 0.3) is 0 Å². The van der Waals surface area contributed by atoms with Gasteiger partial charge in [0.2, 0.25) is 0 Å². The third-order valence-electron chi connectivity index (χ3n) is 3.17. The zero-order valence-electron chi connectivity index (χ0n) is 14.8. The summed E-state index contributed by atoms with van der Waals surface area (Å²) in [5.74, 6) is 0. The van der Waals surface area contributed by atoms with Gasteiger partial charge in [0.1, 0.15) is 0 Å². The lowest BCUT2D eigenvalue weighted by molar-refractivity contribution is -0.0347. The second kappa shape index (κ2) is 10.8. The molecule has 0 fully saturated rings. The van der Waals surface area contributed by atoms with Gasteiger partial charge >= 0.3 is 18.1 Å². The van der Waals surface area contributed by atoms with Crippen molar-refractivity contribution in [2.24, 2.45) is 0 Å². The van der Waals surface area contributed by atoms with Gasteiger partial charge in [-0.25, -0.2) is 0 Å². The first-order valence-electron chi connectivity index (χ1n) is 7.03. The van der Waals surface area contributed by atoms with E-state index in [2.05, 4.69) is 0 Å². The van der Waals surface area contributed by atoms with Crippen molar-refractivity contribution in [1.82, 2.24) is 0 Å². The zero-order chi connectivity index (χ0) is 17.2. The van der Waals surface area contributed by atoms with Crippen LogP contribution in [0.3, 0.4) is 0 Å². The minimum absolute atomic E-state index is 0.110. The van der Waals surface area contributed by atoms with Crippen molar-refractivity contribution in [2.45, 2.75) is 38.9 Å². The predicted molar refractivity (Wildman–Crippen MR) is 83.9 cm³/mol. The van der Waals surface area contributed by atoms with Crippen LogP contribution in [0.15, 0.2) is 0 Å². The molecule has 0 bridgehead atoms. The van der Waals surface area contributed by atoms with Crippen molar-refractivity contribution in [3.05, 3.63) is 0 Å². The third-order valence-corrected chi connectivity index (χ3v) is 7.55. The Morgan fingerprint density at radius 1 is 0.545 bits per heavy atom. The minimum Gasteiger partial charge on any atom is -0.355 e. The first kappa shape index (κ1) is 22.1. The van der Waals surface area contributed by atoms with Crippen molar-refractivity contribution >= 4 is 18.1 Å². The van der Waals surface area contributed by atoms with Gasteiger partial charge in [-0.2, -0.15) is 0 Å². The van der Waals surface area contributed by atoms with Gasteiger partial charge in [0.15, 0.2) is 0 Å². The van der Waals surface area contributed by atoms with Crippen molar-refractivity contribution in [2.75, 3.05) is 42.7 Å². The molecule has 0 aliphatic rings. The highest BCUT2D eigenvalue weighted by atomic mass is 28.4. The van der Waals surface area contributed by atoms with E-state index in [9.17, 15) is 0 Å². The van der Waals surface area contributed by atoms with E-state index >= 15 is 0 Å². The lowest BCUT2D eigenvalue weighted by atomic mass is 10.1. The molecule has 0 heterocycles. The molecule has 134 valence electrons. The van der Waals surface area contributed by atoms with Crippen molar-refractivity contribution < 1.29 is 35.4 Å². The summed E-state index contributed by atoms with van der Waals surface area (Å²) < 4.78 is 43.0. The fourth-order valence-corrected chi connectivity index (χ4v) is 4.67. The average molecular weight is 359 g/mol. The molecule has 22 heavy (non-hydrogen) atoms. The molecule has 0 rings (SSSR count). The molecule has 0 spiro atoms. The first-order valence-corrected chi connectivity index (χ1v) is 10.3. The van der Waals surface area contributed by atoms with E-state index in [1.54, 1.807) is 0 Å². The highest BCUT2D eigenvalue weighted by Crippen LogP contribution is 2.18. The van der Waals surface area contributed by atoms with E-state index in [0.29, 0.717) is 0 Å². The normalized spacial score (nSPS) is 15.8. The zero-order valence-corrected chi connectivity index (χ0v) is 16.8. The van der Waals surface area contributed by atoms with E-state index in [-0.39, 0.29) is 12.2 Å². The summed E-state index contributed by atoms with van der Waals surface area (Å²) in [4.78, 5) is 0. The second-order valence-electron chi connectivity index (χ2n) is 4.66. The maximum Gasteiger partial charge on any atom is 0.679 e. The summed E-state index contributed by atoms with van der Waals surface area (Å²) in [6.45, 7) is 3.86. The quantitative estimate of drug-likeness (QED) is 0.457. The molecule has 0 aromatic rings. The van der Waals surface area contributed by atoms with Gasteiger partial charge < -0.3 is 35.4 Å². The smallest absolute Gasteiger partial charge is 0.355 e. The van der Waals surface area contributed by atoms with Crippen LogP contribution in [0, 0.1) is 0 Å². The highest BCUT2D eigenvalue weighted by Gasteiger charge is 2.45. The van der Waals surface area contributed by atoms with Crippen LogP contribution in [0.2, 0.25) is 0 Å². The standard InChI is InChI=1S/C12H30O8Si2/c1-11(19-21(13-3,14-4)15-5)9-10-12(2)20-22(16-6,17-7)18-8/h11-12H,9-10H2,1-8H3. The molecule has 0 radical (unpaired) electrons. The molecule has 0 saturated heterocycles. The molecule has 0 N–H and O–H groups in total. The Morgan fingerprint density at radius 3 is 0.955 bits per heavy atom. The summed E-state index contributed by atoms with van der Waals surface area (Å²) in [7, 11) is 2.99. The maximum absolute atomic E-state index is 5.78. The average Bonchev–Trinajstić information content (AvgIpc) is 2.56. The summed E-state index contributed by atoms with van der Waals surface area (Å²) in [6, 6.07) is 0. The lowest BCUT2D eigenvalue weighted by Gasteiger charge is -2.29. The SMILES string of the molecule is CO[Si](OC)(OC)OC(C)CCC(C)O[Si](OC)(OC)OC. The largest absolute Gasteiger partial charge is 0.679 e.